The van der Waals surface area contributed by atoms with Crippen molar-refractivity contribution >= 4 is 16.8 Å². The first-order valence-electron chi connectivity index (χ1n) is 5.46. The molecule has 0 N–H and O–H groups in total. The van der Waals surface area contributed by atoms with E-state index in [1.54, 1.807) is 0 Å². The molecule has 15 heavy (non-hydrogen) atoms. The molecule has 2 aromatic rings. The van der Waals surface area contributed by atoms with E-state index >= 15 is 0 Å². The summed E-state index contributed by atoms with van der Waals surface area (Å²) in [6, 6.07) is 8.54. The third-order valence-corrected chi connectivity index (χ3v) is 3.20. The van der Waals surface area contributed by atoms with Gasteiger partial charge in [0.2, 0.25) is 5.91 Å². The number of hydrogen-bond acceptors (Lipinski definition) is 1. The molecule has 2 heterocycles. The fraction of sp³-hybridized carbons (Fsp3) is 0.308. The van der Waals surface area contributed by atoms with Crippen molar-refractivity contribution in [3.8, 4) is 0 Å². The number of benzene rings is 1. The Kier molecular flexibility index (Phi) is 1.72. The maximum atomic E-state index is 11.7. The maximum absolute atomic E-state index is 11.7. The average Bonchev–Trinajstić information content (AvgIpc) is 2.78. The second-order valence-electron chi connectivity index (χ2n) is 4.11. The van der Waals surface area contributed by atoms with Crippen LogP contribution in [-0.2, 0) is 12.8 Å². The van der Waals surface area contributed by atoms with Gasteiger partial charge in [-0.1, -0.05) is 19.1 Å². The van der Waals surface area contributed by atoms with Crippen molar-refractivity contribution in [1.82, 2.24) is 4.57 Å². The Morgan fingerprint density at radius 3 is 2.93 bits per heavy atom. The van der Waals surface area contributed by atoms with Gasteiger partial charge in [-0.15, -0.1) is 0 Å². The lowest BCUT2D eigenvalue weighted by Gasteiger charge is -2.01. The fourth-order valence-corrected chi connectivity index (χ4v) is 2.35. The van der Waals surface area contributed by atoms with Crippen LogP contribution in [0.2, 0.25) is 0 Å². The standard InChI is InChI=1S/C13H13NO/c1-2-9-3-4-10-8-11-5-6-13(15)14(11)12(10)7-9/h3-4,7-8H,2,5-6H2,1H3. The number of hydrogen-bond donors (Lipinski definition) is 0. The highest BCUT2D eigenvalue weighted by Gasteiger charge is 2.21. The highest BCUT2D eigenvalue weighted by atomic mass is 16.2. The minimum absolute atomic E-state index is 0.244. The molecule has 2 nitrogen and oxygen atoms in total. The maximum Gasteiger partial charge on any atom is 0.231 e. The number of nitrogens with zero attached hydrogens (tertiary/aromatic N) is 1. The Morgan fingerprint density at radius 1 is 1.27 bits per heavy atom. The highest BCUT2D eigenvalue weighted by molar-refractivity contribution is 5.96. The quantitative estimate of drug-likeness (QED) is 0.692. The van der Waals surface area contributed by atoms with Gasteiger partial charge < -0.3 is 0 Å². The van der Waals surface area contributed by atoms with Gasteiger partial charge >= 0.3 is 0 Å². The van der Waals surface area contributed by atoms with Crippen molar-refractivity contribution in [2.45, 2.75) is 26.2 Å². The summed E-state index contributed by atoms with van der Waals surface area (Å²) in [6.07, 6.45) is 2.58. The predicted octanol–water partition coefficient (Wildman–Crippen LogP) is 2.79. The Morgan fingerprint density at radius 2 is 2.13 bits per heavy atom. The molecule has 0 spiro atoms. The molecule has 0 atom stereocenters. The van der Waals surface area contributed by atoms with Crippen LogP contribution in [0.15, 0.2) is 24.3 Å². The molecule has 0 aliphatic carbocycles. The van der Waals surface area contributed by atoms with E-state index in [1.165, 1.54) is 16.6 Å². The molecular weight excluding hydrogens is 186 g/mol. The Bertz CT molecular complexity index is 551. The predicted molar refractivity (Wildman–Crippen MR) is 60.3 cm³/mol. The number of fused-ring (bicyclic) bond motifs is 3. The third kappa shape index (κ3) is 1.14. The van der Waals surface area contributed by atoms with Gasteiger partial charge in [-0.2, -0.15) is 0 Å². The number of rotatable bonds is 1. The Balaban J connectivity index is 2.34. The largest absolute Gasteiger partial charge is 0.284 e. The SMILES string of the molecule is CCc1ccc2cc3n(c2c1)C(=O)CC3. The van der Waals surface area contributed by atoms with Gasteiger partial charge in [0.05, 0.1) is 5.52 Å². The van der Waals surface area contributed by atoms with Gasteiger partial charge in [0.15, 0.2) is 0 Å². The van der Waals surface area contributed by atoms with Gasteiger partial charge in [-0.25, -0.2) is 0 Å². The molecule has 0 unspecified atom stereocenters. The molecule has 2 heteroatoms. The summed E-state index contributed by atoms with van der Waals surface area (Å²) in [7, 11) is 0. The van der Waals surface area contributed by atoms with Crippen molar-refractivity contribution in [2.24, 2.45) is 0 Å². The topological polar surface area (TPSA) is 22.0 Å². The van der Waals surface area contributed by atoms with E-state index in [0.717, 1.165) is 18.4 Å². The van der Waals surface area contributed by atoms with Gasteiger partial charge in [-0.05, 0) is 30.5 Å². The van der Waals surface area contributed by atoms with E-state index in [2.05, 4.69) is 31.2 Å². The van der Waals surface area contributed by atoms with E-state index in [1.807, 2.05) is 4.57 Å². The first-order chi connectivity index (χ1) is 7.29. The van der Waals surface area contributed by atoms with Crippen molar-refractivity contribution in [1.29, 1.82) is 0 Å². The van der Waals surface area contributed by atoms with Crippen LogP contribution in [0.4, 0.5) is 0 Å². The summed E-state index contributed by atoms with van der Waals surface area (Å²) in [5.74, 6) is 0.244. The molecule has 1 aliphatic rings. The molecule has 1 aliphatic heterocycles. The zero-order valence-electron chi connectivity index (χ0n) is 8.79. The second-order valence-corrected chi connectivity index (χ2v) is 4.11. The minimum atomic E-state index is 0.244. The summed E-state index contributed by atoms with van der Waals surface area (Å²) in [4.78, 5) is 11.7. The van der Waals surface area contributed by atoms with Crippen molar-refractivity contribution in [3.05, 3.63) is 35.5 Å². The van der Waals surface area contributed by atoms with Crippen LogP contribution in [-0.4, -0.2) is 10.5 Å². The zero-order chi connectivity index (χ0) is 10.4. The first-order valence-corrected chi connectivity index (χ1v) is 5.46. The molecule has 0 amide bonds. The highest BCUT2D eigenvalue weighted by Crippen LogP contribution is 2.26. The molecule has 0 saturated carbocycles. The van der Waals surface area contributed by atoms with Gasteiger partial charge in [0, 0.05) is 17.5 Å². The molecule has 3 rings (SSSR count). The Hall–Kier alpha value is -1.57. The normalized spacial score (nSPS) is 14.9. The average molecular weight is 199 g/mol. The van der Waals surface area contributed by atoms with Gasteiger partial charge in [0.1, 0.15) is 0 Å². The smallest absolute Gasteiger partial charge is 0.231 e. The van der Waals surface area contributed by atoms with Gasteiger partial charge in [0.25, 0.3) is 0 Å². The number of aromatic nitrogens is 1. The van der Waals surface area contributed by atoms with Crippen molar-refractivity contribution in [2.75, 3.05) is 0 Å². The lowest BCUT2D eigenvalue weighted by Crippen LogP contribution is -2.03. The van der Waals surface area contributed by atoms with E-state index in [0.29, 0.717) is 6.42 Å². The van der Waals surface area contributed by atoms with Crippen LogP contribution < -0.4 is 0 Å². The zero-order valence-corrected chi connectivity index (χ0v) is 8.79. The molecule has 76 valence electrons. The molecule has 1 aromatic carbocycles. The van der Waals surface area contributed by atoms with E-state index in [4.69, 9.17) is 0 Å². The lowest BCUT2D eigenvalue weighted by molar-refractivity contribution is 0.0928. The van der Waals surface area contributed by atoms with Gasteiger partial charge in [-0.3, -0.25) is 9.36 Å². The second kappa shape index (κ2) is 2.96. The molecule has 0 saturated heterocycles. The van der Waals surface area contributed by atoms with Crippen LogP contribution >= 0.6 is 0 Å². The summed E-state index contributed by atoms with van der Waals surface area (Å²) in [5, 5.41) is 1.19. The van der Waals surface area contributed by atoms with Crippen molar-refractivity contribution < 1.29 is 4.79 Å². The monoisotopic (exact) mass is 199 g/mol. The van der Waals surface area contributed by atoms with E-state index in [-0.39, 0.29) is 5.91 Å². The minimum Gasteiger partial charge on any atom is -0.284 e. The fourth-order valence-electron chi connectivity index (χ4n) is 2.35. The molecule has 1 aromatic heterocycles. The van der Waals surface area contributed by atoms with E-state index in [9.17, 15) is 4.79 Å². The van der Waals surface area contributed by atoms with Crippen LogP contribution in [0.1, 0.15) is 29.4 Å². The summed E-state index contributed by atoms with van der Waals surface area (Å²) in [6.45, 7) is 2.14. The summed E-state index contributed by atoms with van der Waals surface area (Å²) < 4.78 is 1.88. The molecule has 0 bridgehead atoms. The van der Waals surface area contributed by atoms with Crippen LogP contribution in [0.25, 0.3) is 10.9 Å². The molecule has 0 fully saturated rings. The lowest BCUT2D eigenvalue weighted by atomic mass is 10.1. The summed E-state index contributed by atoms with van der Waals surface area (Å²) in [5.41, 5.74) is 3.55. The van der Waals surface area contributed by atoms with E-state index < -0.39 is 0 Å². The van der Waals surface area contributed by atoms with Crippen LogP contribution in [0, 0.1) is 0 Å². The van der Waals surface area contributed by atoms with Crippen LogP contribution in [0.5, 0.6) is 0 Å². The number of aryl methyl sites for hydroxylation is 2. The number of carbonyl (C=O) groups excluding carboxylic acids is 1. The molecular formula is C13H13NO. The first kappa shape index (κ1) is 8.72. The summed E-state index contributed by atoms with van der Waals surface area (Å²) >= 11 is 0. The van der Waals surface area contributed by atoms with Crippen LogP contribution in [0.3, 0.4) is 0 Å². The van der Waals surface area contributed by atoms with Crippen molar-refractivity contribution in [3.63, 3.8) is 0 Å². The third-order valence-electron chi connectivity index (χ3n) is 3.20. The Labute approximate surface area is 88.5 Å². The molecule has 0 radical (unpaired) electrons. The number of carbonyl (C=O) groups is 1.